The number of hydrogen-bond donors (Lipinski definition) is 2. The maximum atomic E-state index is 14.0. The number of carbonyl (C=O) groups is 1. The molecule has 5 heterocycles. The minimum atomic E-state index is -0.684. The minimum Gasteiger partial charge on any atom is -0.358 e. The Bertz CT molecular complexity index is 1570. The van der Waals surface area contributed by atoms with E-state index in [-0.39, 0.29) is 22.4 Å². The highest BCUT2D eigenvalue weighted by Gasteiger charge is 2.21. The van der Waals surface area contributed by atoms with Gasteiger partial charge < -0.3 is 14.8 Å². The van der Waals surface area contributed by atoms with Gasteiger partial charge in [0.2, 0.25) is 5.95 Å². The van der Waals surface area contributed by atoms with E-state index in [1.54, 1.807) is 25.3 Å². The zero-order valence-electron chi connectivity index (χ0n) is 19.9. The monoisotopic (exact) mass is 487 g/mol. The molecule has 0 radical (unpaired) electrons. The molecule has 1 amide bonds. The Morgan fingerprint density at radius 2 is 1.94 bits per heavy atom. The Morgan fingerprint density at radius 1 is 1.11 bits per heavy atom. The highest BCUT2D eigenvalue weighted by atomic mass is 19.1. The smallest absolute Gasteiger partial charge is 0.270 e. The van der Waals surface area contributed by atoms with Gasteiger partial charge in [-0.05, 0) is 25.1 Å². The highest BCUT2D eigenvalue weighted by Crippen LogP contribution is 2.25. The number of fused-ring (bicyclic) bond motifs is 1. The first-order valence-electron chi connectivity index (χ1n) is 11.1. The molecular formula is C24H22FN9O2. The van der Waals surface area contributed by atoms with E-state index >= 15 is 0 Å². The molecule has 11 nitrogen and oxygen atoms in total. The van der Waals surface area contributed by atoms with Gasteiger partial charge in [-0.15, -0.1) is 0 Å². The molecule has 0 saturated heterocycles. The topological polar surface area (TPSA) is 148 Å². The summed E-state index contributed by atoms with van der Waals surface area (Å²) in [6.45, 7) is 7.83. The average molecular weight is 487 g/mol. The average Bonchev–Trinajstić information content (AvgIpc) is 3.51. The van der Waals surface area contributed by atoms with Crippen molar-refractivity contribution in [3.05, 3.63) is 66.2 Å². The number of carbonyl (C=O) groups excluding carboxylic acids is 1. The molecule has 0 saturated carbocycles. The molecule has 5 rings (SSSR count). The molecule has 1 atom stereocenters. The fourth-order valence-electron chi connectivity index (χ4n) is 3.44. The van der Waals surface area contributed by atoms with Gasteiger partial charge in [-0.1, -0.05) is 25.9 Å². The third-order valence-corrected chi connectivity index (χ3v) is 5.39. The predicted molar refractivity (Wildman–Crippen MR) is 127 cm³/mol. The maximum Gasteiger partial charge on any atom is 0.270 e. The van der Waals surface area contributed by atoms with Crippen LogP contribution in [-0.2, 0) is 5.41 Å². The van der Waals surface area contributed by atoms with Crippen molar-refractivity contribution in [2.75, 3.05) is 0 Å². The first kappa shape index (κ1) is 23.1. The van der Waals surface area contributed by atoms with E-state index in [1.165, 1.54) is 24.7 Å². The number of H-pyrrole nitrogens is 1. The number of imidazole rings is 1. The lowest BCUT2D eigenvalue weighted by Crippen LogP contribution is -2.27. The van der Waals surface area contributed by atoms with Crippen LogP contribution in [0.1, 0.15) is 55.8 Å². The number of rotatable bonds is 5. The Hall–Kier alpha value is -4.61. The van der Waals surface area contributed by atoms with Crippen LogP contribution in [0.5, 0.6) is 0 Å². The number of nitrogens with zero attached hydrogens (tertiary/aromatic N) is 7. The molecule has 0 aliphatic heterocycles. The summed E-state index contributed by atoms with van der Waals surface area (Å²) in [5, 5.41) is 6.87. The van der Waals surface area contributed by atoms with E-state index in [2.05, 4.69) is 45.4 Å². The van der Waals surface area contributed by atoms with Gasteiger partial charge in [-0.25, -0.2) is 29.9 Å². The fourth-order valence-corrected chi connectivity index (χ4v) is 3.44. The van der Waals surface area contributed by atoms with Crippen LogP contribution in [0.25, 0.3) is 33.9 Å². The van der Waals surface area contributed by atoms with Crippen LogP contribution in [0, 0.1) is 5.95 Å². The second kappa shape index (κ2) is 8.87. The van der Waals surface area contributed by atoms with Crippen LogP contribution < -0.4 is 5.32 Å². The van der Waals surface area contributed by atoms with Crippen molar-refractivity contribution < 1.29 is 13.7 Å². The van der Waals surface area contributed by atoms with E-state index in [4.69, 9.17) is 4.52 Å². The summed E-state index contributed by atoms with van der Waals surface area (Å²) in [5.74, 6) is 0.397. The molecule has 12 heteroatoms. The van der Waals surface area contributed by atoms with Gasteiger partial charge in [0.05, 0.1) is 23.5 Å². The number of nitrogens with one attached hydrogen (secondary N) is 2. The van der Waals surface area contributed by atoms with Gasteiger partial charge in [0, 0.05) is 17.7 Å². The second-order valence-corrected chi connectivity index (χ2v) is 9.21. The van der Waals surface area contributed by atoms with Gasteiger partial charge in [0.1, 0.15) is 29.1 Å². The van der Waals surface area contributed by atoms with Crippen LogP contribution in [0.2, 0.25) is 0 Å². The Kier molecular flexibility index (Phi) is 5.71. The van der Waals surface area contributed by atoms with Crippen molar-refractivity contribution in [2.24, 2.45) is 0 Å². The second-order valence-electron chi connectivity index (χ2n) is 9.21. The van der Waals surface area contributed by atoms with Crippen LogP contribution in [-0.4, -0.2) is 46.0 Å². The molecule has 0 unspecified atom stereocenters. The Morgan fingerprint density at radius 3 is 2.72 bits per heavy atom. The number of aromatic amines is 1. The SMILES string of the molecule is C[C@@H](NC(=O)c1cc(-c2cccnc2F)ncn1)c1cc(-c2nc3nc(C(C)(C)C)ncc3[nH]2)no1. The number of halogens is 1. The van der Waals surface area contributed by atoms with E-state index in [0.717, 1.165) is 0 Å². The van der Waals surface area contributed by atoms with E-state index in [9.17, 15) is 9.18 Å². The first-order chi connectivity index (χ1) is 17.2. The molecule has 5 aromatic heterocycles. The van der Waals surface area contributed by atoms with Crippen molar-refractivity contribution in [3.63, 3.8) is 0 Å². The summed E-state index contributed by atoms with van der Waals surface area (Å²) in [6.07, 6.45) is 4.23. The molecule has 0 bridgehead atoms. The van der Waals surface area contributed by atoms with Crippen LogP contribution in [0.4, 0.5) is 4.39 Å². The van der Waals surface area contributed by atoms with Crippen molar-refractivity contribution in [1.29, 1.82) is 0 Å². The summed E-state index contributed by atoms with van der Waals surface area (Å²) in [5.41, 5.74) is 1.94. The number of hydrogen-bond acceptors (Lipinski definition) is 9. The number of pyridine rings is 1. The molecule has 0 aliphatic carbocycles. The minimum absolute atomic E-state index is 0.0698. The van der Waals surface area contributed by atoms with Crippen molar-refractivity contribution in [2.45, 2.75) is 39.2 Å². The Balaban J connectivity index is 1.33. The molecule has 182 valence electrons. The highest BCUT2D eigenvalue weighted by molar-refractivity contribution is 5.93. The van der Waals surface area contributed by atoms with Crippen LogP contribution in [0.15, 0.2) is 47.5 Å². The zero-order chi connectivity index (χ0) is 25.4. The van der Waals surface area contributed by atoms with Crippen molar-refractivity contribution in [3.8, 4) is 22.8 Å². The quantitative estimate of drug-likeness (QED) is 0.353. The predicted octanol–water partition coefficient (Wildman–Crippen LogP) is 3.79. The third-order valence-electron chi connectivity index (χ3n) is 5.39. The Labute approximate surface area is 204 Å². The number of amides is 1. The van der Waals surface area contributed by atoms with Gasteiger partial charge >= 0.3 is 0 Å². The number of aromatic nitrogens is 8. The molecule has 0 aromatic carbocycles. The molecule has 5 aromatic rings. The zero-order valence-corrected chi connectivity index (χ0v) is 19.9. The summed E-state index contributed by atoms with van der Waals surface area (Å²) in [7, 11) is 0. The van der Waals surface area contributed by atoms with Gasteiger partial charge in [0.25, 0.3) is 5.91 Å². The van der Waals surface area contributed by atoms with Gasteiger partial charge in [-0.2, -0.15) is 4.39 Å². The molecular weight excluding hydrogens is 465 g/mol. The molecule has 0 fully saturated rings. The summed E-state index contributed by atoms with van der Waals surface area (Å²) in [4.78, 5) is 41.0. The lowest BCUT2D eigenvalue weighted by Gasteiger charge is -2.15. The summed E-state index contributed by atoms with van der Waals surface area (Å²) < 4.78 is 19.5. The first-order valence-corrected chi connectivity index (χ1v) is 11.1. The molecule has 0 spiro atoms. The summed E-state index contributed by atoms with van der Waals surface area (Å²) >= 11 is 0. The standard InChI is InChI=1S/C24H22FN9O2/c1-12(30-22(35)16-8-14(28-11-29-16)13-6-5-7-26-19(13)25)18-9-15(34-36-18)20-31-17-10-27-23(24(2,3)4)33-21(17)32-20/h5-12H,1-4H3,(H,30,35)(H,27,31,32,33)/t12-/m1/s1. The lowest BCUT2D eigenvalue weighted by molar-refractivity contribution is 0.0928. The van der Waals surface area contributed by atoms with E-state index < -0.39 is 17.9 Å². The van der Waals surface area contributed by atoms with Gasteiger partial charge in [0.15, 0.2) is 17.2 Å². The molecule has 0 aliphatic rings. The van der Waals surface area contributed by atoms with Crippen LogP contribution in [0.3, 0.4) is 0 Å². The maximum absolute atomic E-state index is 14.0. The van der Waals surface area contributed by atoms with Crippen LogP contribution >= 0.6 is 0 Å². The van der Waals surface area contributed by atoms with Crippen molar-refractivity contribution in [1.82, 2.24) is 45.4 Å². The fraction of sp³-hybridized carbons (Fsp3) is 0.250. The van der Waals surface area contributed by atoms with Gasteiger partial charge in [-0.3, -0.25) is 4.79 Å². The van der Waals surface area contributed by atoms with E-state index in [1.807, 2.05) is 20.8 Å². The summed E-state index contributed by atoms with van der Waals surface area (Å²) in [6, 6.07) is 5.65. The molecule has 2 N–H and O–H groups in total. The molecule has 36 heavy (non-hydrogen) atoms. The lowest BCUT2D eigenvalue weighted by atomic mass is 9.96. The van der Waals surface area contributed by atoms with E-state index in [0.29, 0.717) is 34.3 Å². The largest absolute Gasteiger partial charge is 0.358 e. The van der Waals surface area contributed by atoms with Crippen molar-refractivity contribution >= 4 is 17.1 Å². The normalized spacial score (nSPS) is 12.6. The third kappa shape index (κ3) is 4.52.